The Morgan fingerprint density at radius 3 is 2.74 bits per heavy atom. The van der Waals surface area contributed by atoms with Gasteiger partial charge in [-0.15, -0.1) is 11.3 Å². The van der Waals surface area contributed by atoms with Crippen molar-refractivity contribution in [2.24, 2.45) is 22.3 Å². The second-order valence-corrected chi connectivity index (χ2v) is 4.27. The topological polar surface area (TPSA) is 145 Å². The minimum atomic E-state index is -0.471. The number of amides is 1. The Labute approximate surface area is 112 Å². The monoisotopic (exact) mass is 277 g/mol. The maximum atomic E-state index is 11.4. The Bertz CT molecular complexity index is 632. The van der Waals surface area contributed by atoms with Crippen LogP contribution in [0.1, 0.15) is 10.5 Å². The third kappa shape index (κ3) is 3.03. The van der Waals surface area contributed by atoms with Crippen LogP contribution in [0, 0.1) is 0 Å². The fraction of sp³-hybridized carbons (Fsp3) is 0. The largest absolute Gasteiger partial charge is 0.370 e. The summed E-state index contributed by atoms with van der Waals surface area (Å²) in [5.41, 5.74) is 13.9. The molecule has 0 bridgehead atoms. The zero-order valence-electron chi connectivity index (χ0n) is 9.70. The molecular weight excluding hydrogens is 266 g/mol. The van der Waals surface area contributed by atoms with E-state index >= 15 is 0 Å². The standard InChI is InChI=1S/C10H11N7OS/c11-9(12)16-10-15-7(4-19-10)5-2-1-3-6(14-5)8(18)17-13/h1-4H,13H2,(H,17,18)(H4,11,12,15,16). The van der Waals surface area contributed by atoms with Gasteiger partial charge in [0.15, 0.2) is 5.96 Å². The van der Waals surface area contributed by atoms with Crippen molar-refractivity contribution in [2.75, 3.05) is 0 Å². The van der Waals surface area contributed by atoms with E-state index in [1.807, 2.05) is 5.43 Å². The summed E-state index contributed by atoms with van der Waals surface area (Å²) in [6.07, 6.45) is 0. The second-order valence-electron chi connectivity index (χ2n) is 3.43. The van der Waals surface area contributed by atoms with Gasteiger partial charge in [-0.05, 0) is 12.1 Å². The fourth-order valence-electron chi connectivity index (χ4n) is 1.32. The van der Waals surface area contributed by atoms with Gasteiger partial charge in [-0.2, -0.15) is 4.99 Å². The van der Waals surface area contributed by atoms with E-state index in [-0.39, 0.29) is 11.7 Å². The minimum absolute atomic E-state index is 0.0647. The van der Waals surface area contributed by atoms with Crippen LogP contribution in [0.15, 0.2) is 28.6 Å². The number of guanidine groups is 1. The minimum Gasteiger partial charge on any atom is -0.370 e. The number of carbonyl (C=O) groups is 1. The van der Waals surface area contributed by atoms with E-state index in [2.05, 4.69) is 15.0 Å². The predicted octanol–water partition coefficient (Wildman–Crippen LogP) is -0.287. The number of rotatable bonds is 3. The average molecular weight is 277 g/mol. The number of hydrogen-bond donors (Lipinski definition) is 4. The van der Waals surface area contributed by atoms with Gasteiger partial charge in [0.1, 0.15) is 11.4 Å². The number of nitrogens with zero attached hydrogens (tertiary/aromatic N) is 3. The highest BCUT2D eigenvalue weighted by Gasteiger charge is 2.09. The van der Waals surface area contributed by atoms with E-state index in [9.17, 15) is 4.79 Å². The number of hydrogen-bond acceptors (Lipinski definition) is 6. The number of nitrogen functional groups attached to an aromatic ring is 1. The summed E-state index contributed by atoms with van der Waals surface area (Å²) in [5, 5.41) is 2.17. The molecule has 0 unspecified atom stereocenters. The van der Waals surface area contributed by atoms with Crippen molar-refractivity contribution in [1.29, 1.82) is 0 Å². The van der Waals surface area contributed by atoms with E-state index in [1.54, 1.807) is 23.6 Å². The van der Waals surface area contributed by atoms with Gasteiger partial charge in [0.05, 0.1) is 5.69 Å². The smallest absolute Gasteiger partial charge is 0.283 e. The number of aromatic nitrogens is 2. The fourth-order valence-corrected chi connectivity index (χ4v) is 2.02. The quantitative estimate of drug-likeness (QED) is 0.199. The van der Waals surface area contributed by atoms with E-state index in [1.165, 1.54) is 11.3 Å². The molecule has 0 atom stereocenters. The van der Waals surface area contributed by atoms with Gasteiger partial charge >= 0.3 is 0 Å². The van der Waals surface area contributed by atoms with Crippen molar-refractivity contribution >= 4 is 28.3 Å². The Morgan fingerprint density at radius 2 is 2.05 bits per heavy atom. The van der Waals surface area contributed by atoms with Crippen molar-refractivity contribution in [1.82, 2.24) is 15.4 Å². The lowest BCUT2D eigenvalue weighted by atomic mass is 10.2. The predicted molar refractivity (Wildman–Crippen MR) is 72.5 cm³/mol. The van der Waals surface area contributed by atoms with Crippen molar-refractivity contribution in [3.63, 3.8) is 0 Å². The first-order valence-electron chi connectivity index (χ1n) is 5.13. The molecule has 2 rings (SSSR count). The number of carbonyl (C=O) groups excluding carboxylic acids is 1. The van der Waals surface area contributed by atoms with Gasteiger partial charge in [-0.1, -0.05) is 6.07 Å². The van der Waals surface area contributed by atoms with Crippen LogP contribution in [-0.2, 0) is 0 Å². The average Bonchev–Trinajstić information content (AvgIpc) is 2.85. The number of aliphatic imine (C=N–C) groups is 1. The summed E-state index contributed by atoms with van der Waals surface area (Å²) < 4.78 is 0. The first kappa shape index (κ1) is 12.9. The maximum Gasteiger partial charge on any atom is 0.283 e. The molecule has 0 spiro atoms. The van der Waals surface area contributed by atoms with Gasteiger partial charge in [0.25, 0.3) is 5.91 Å². The molecule has 0 fully saturated rings. The highest BCUT2D eigenvalue weighted by atomic mass is 32.1. The molecule has 7 N–H and O–H groups in total. The third-order valence-corrected chi connectivity index (χ3v) is 2.83. The summed E-state index contributed by atoms with van der Waals surface area (Å²) in [6.45, 7) is 0. The lowest BCUT2D eigenvalue weighted by Crippen LogP contribution is -2.30. The van der Waals surface area contributed by atoms with Crippen LogP contribution in [0.25, 0.3) is 11.4 Å². The van der Waals surface area contributed by atoms with E-state index in [0.717, 1.165) is 0 Å². The van der Waals surface area contributed by atoms with Gasteiger partial charge in [0, 0.05) is 5.38 Å². The normalized spacial score (nSPS) is 9.95. The summed E-state index contributed by atoms with van der Waals surface area (Å²) in [4.78, 5) is 23.5. The molecule has 98 valence electrons. The molecule has 0 aliphatic rings. The number of nitrogens with one attached hydrogen (secondary N) is 1. The second kappa shape index (κ2) is 5.42. The van der Waals surface area contributed by atoms with E-state index in [4.69, 9.17) is 17.3 Å². The molecule has 2 aromatic heterocycles. The van der Waals surface area contributed by atoms with Gasteiger partial charge in [0.2, 0.25) is 5.13 Å². The molecule has 0 aromatic carbocycles. The molecule has 8 nitrogen and oxygen atoms in total. The summed E-state index contributed by atoms with van der Waals surface area (Å²) in [7, 11) is 0. The van der Waals surface area contributed by atoms with Crippen molar-refractivity contribution in [3.8, 4) is 11.4 Å². The Morgan fingerprint density at radius 1 is 1.26 bits per heavy atom. The molecule has 19 heavy (non-hydrogen) atoms. The first-order chi connectivity index (χ1) is 9.10. The number of nitrogens with two attached hydrogens (primary N) is 3. The number of pyridine rings is 1. The SMILES string of the molecule is NNC(=O)c1cccc(-c2csc(N=C(N)N)n2)n1. The Kier molecular flexibility index (Phi) is 3.68. The van der Waals surface area contributed by atoms with E-state index in [0.29, 0.717) is 16.5 Å². The summed E-state index contributed by atoms with van der Waals surface area (Å²) >= 11 is 1.27. The van der Waals surface area contributed by atoms with Crippen molar-refractivity contribution in [2.45, 2.75) is 0 Å². The van der Waals surface area contributed by atoms with Crippen molar-refractivity contribution in [3.05, 3.63) is 29.3 Å². The molecule has 0 saturated carbocycles. The summed E-state index contributed by atoms with van der Waals surface area (Å²) in [6, 6.07) is 4.96. The van der Waals surface area contributed by atoms with Crippen molar-refractivity contribution < 1.29 is 4.79 Å². The molecule has 0 aliphatic carbocycles. The van der Waals surface area contributed by atoms with Crippen LogP contribution < -0.4 is 22.7 Å². The van der Waals surface area contributed by atoms with Crippen LogP contribution in [0.2, 0.25) is 0 Å². The molecule has 1 amide bonds. The maximum absolute atomic E-state index is 11.4. The third-order valence-electron chi connectivity index (χ3n) is 2.09. The lowest BCUT2D eigenvalue weighted by Gasteiger charge is -2.00. The van der Waals surface area contributed by atoms with Gasteiger partial charge in [-0.25, -0.2) is 15.8 Å². The molecule has 0 aliphatic heterocycles. The highest BCUT2D eigenvalue weighted by molar-refractivity contribution is 7.13. The highest BCUT2D eigenvalue weighted by Crippen LogP contribution is 2.25. The molecule has 2 aromatic rings. The van der Waals surface area contributed by atoms with Gasteiger partial charge < -0.3 is 11.5 Å². The molecule has 9 heteroatoms. The first-order valence-corrected chi connectivity index (χ1v) is 6.01. The lowest BCUT2D eigenvalue weighted by molar-refractivity contribution is 0.0949. The number of hydrazine groups is 1. The summed E-state index contributed by atoms with van der Waals surface area (Å²) in [5.74, 6) is 4.52. The van der Waals surface area contributed by atoms with Crippen LogP contribution >= 0.6 is 11.3 Å². The molecular formula is C10H11N7OS. The van der Waals surface area contributed by atoms with E-state index < -0.39 is 5.91 Å². The van der Waals surface area contributed by atoms with Crippen LogP contribution in [0.3, 0.4) is 0 Å². The number of thiazole rings is 1. The van der Waals surface area contributed by atoms with Crippen LogP contribution in [-0.4, -0.2) is 21.8 Å². The van der Waals surface area contributed by atoms with Gasteiger partial charge in [-0.3, -0.25) is 10.2 Å². The Hall–Kier alpha value is -2.52. The zero-order chi connectivity index (χ0) is 13.8. The van der Waals surface area contributed by atoms with Crippen LogP contribution in [0.4, 0.5) is 5.13 Å². The Balaban J connectivity index is 2.34. The molecule has 0 saturated heterocycles. The molecule has 0 radical (unpaired) electrons. The zero-order valence-corrected chi connectivity index (χ0v) is 10.5. The van der Waals surface area contributed by atoms with Crippen LogP contribution in [0.5, 0.6) is 0 Å². The molecule has 2 heterocycles.